The van der Waals surface area contributed by atoms with Crippen molar-refractivity contribution in [3.05, 3.63) is 58.5 Å². The van der Waals surface area contributed by atoms with Crippen LogP contribution in [0.3, 0.4) is 0 Å². The van der Waals surface area contributed by atoms with Gasteiger partial charge in [-0.3, -0.25) is 9.48 Å². The highest BCUT2D eigenvalue weighted by atomic mass is 19.1. The van der Waals surface area contributed by atoms with E-state index in [-0.39, 0.29) is 18.7 Å². The van der Waals surface area contributed by atoms with E-state index in [0.717, 1.165) is 11.1 Å². The van der Waals surface area contributed by atoms with Gasteiger partial charge >= 0.3 is 0 Å². The highest BCUT2D eigenvalue weighted by Crippen LogP contribution is 2.21. The lowest BCUT2D eigenvalue weighted by atomic mass is 9.94. The normalized spacial score (nSPS) is 13.4. The summed E-state index contributed by atoms with van der Waals surface area (Å²) in [5, 5.41) is 14.0. The fraction of sp³-hybridized carbons (Fsp3) is 0.353. The number of nitrogens with zero attached hydrogens (tertiary/aromatic N) is 3. The van der Waals surface area contributed by atoms with Gasteiger partial charge in [0.1, 0.15) is 5.60 Å². The van der Waals surface area contributed by atoms with E-state index in [9.17, 15) is 14.3 Å². The van der Waals surface area contributed by atoms with E-state index < -0.39 is 11.5 Å². The van der Waals surface area contributed by atoms with Gasteiger partial charge in [-0.2, -0.15) is 4.39 Å². The van der Waals surface area contributed by atoms with E-state index in [0.29, 0.717) is 11.3 Å². The van der Waals surface area contributed by atoms with Crippen LogP contribution in [-0.4, -0.2) is 26.3 Å². The fourth-order valence-electron chi connectivity index (χ4n) is 2.31. The Labute approximate surface area is 134 Å². The minimum atomic E-state index is -1.66. The number of carbonyl (C=O) groups is 1. The van der Waals surface area contributed by atoms with Crippen molar-refractivity contribution in [3.8, 4) is 0 Å². The second-order valence-electron chi connectivity index (χ2n) is 5.91. The van der Waals surface area contributed by atoms with E-state index >= 15 is 0 Å². The first-order valence-electron chi connectivity index (χ1n) is 7.15. The molecule has 0 spiro atoms. The number of aromatic nitrogens is 2. The fourth-order valence-corrected chi connectivity index (χ4v) is 2.31. The molecule has 5 nitrogen and oxygen atoms in total. The van der Waals surface area contributed by atoms with Gasteiger partial charge in [0, 0.05) is 18.2 Å². The van der Waals surface area contributed by atoms with Crippen LogP contribution < -0.4 is 0 Å². The number of hydrogen-bond acceptors (Lipinski definition) is 3. The number of ketones is 1. The first kappa shape index (κ1) is 16.8. The van der Waals surface area contributed by atoms with Crippen LogP contribution in [0, 0.1) is 26.4 Å². The van der Waals surface area contributed by atoms with Crippen molar-refractivity contribution in [1.82, 2.24) is 9.78 Å². The van der Waals surface area contributed by atoms with Crippen molar-refractivity contribution >= 4 is 11.5 Å². The third kappa shape index (κ3) is 3.82. The zero-order valence-electron chi connectivity index (χ0n) is 13.3. The molecule has 0 aliphatic rings. The van der Waals surface area contributed by atoms with E-state index in [1.165, 1.54) is 17.8 Å². The molecule has 1 atom stereocenters. The molecule has 0 aliphatic heterocycles. The van der Waals surface area contributed by atoms with Gasteiger partial charge in [0.2, 0.25) is 5.95 Å². The monoisotopic (exact) mass is 315 g/mol. The number of aliphatic hydroxyl groups is 1. The molecule has 1 aromatic carbocycles. The summed E-state index contributed by atoms with van der Waals surface area (Å²) in [5.41, 5.74) is 0.754. The molecule has 0 saturated carbocycles. The smallest absolute Gasteiger partial charge is 0.235 e. The molecule has 0 saturated heterocycles. The molecule has 0 amide bonds. The second kappa shape index (κ2) is 6.31. The minimum Gasteiger partial charge on any atom is -0.380 e. The molecule has 0 unspecified atom stereocenters. The van der Waals surface area contributed by atoms with Crippen LogP contribution in [0.25, 0.3) is 4.85 Å². The molecule has 120 valence electrons. The molecule has 0 aliphatic carbocycles. The Morgan fingerprint density at radius 2 is 2.13 bits per heavy atom. The first-order valence-corrected chi connectivity index (χ1v) is 7.15. The van der Waals surface area contributed by atoms with Crippen molar-refractivity contribution < 1.29 is 14.3 Å². The molecular weight excluding hydrogens is 297 g/mol. The average molecular weight is 315 g/mol. The highest BCUT2D eigenvalue weighted by molar-refractivity contribution is 5.88. The lowest BCUT2D eigenvalue weighted by molar-refractivity contribution is -0.136. The number of hydrogen-bond donors (Lipinski definition) is 1. The predicted octanol–water partition coefficient (Wildman–Crippen LogP) is 2.75. The van der Waals surface area contributed by atoms with Crippen molar-refractivity contribution in [3.63, 3.8) is 0 Å². The molecule has 1 heterocycles. The number of halogens is 1. The van der Waals surface area contributed by atoms with Gasteiger partial charge in [0.05, 0.1) is 13.1 Å². The number of aryl methyl sites for hydroxylation is 2. The molecule has 6 heteroatoms. The van der Waals surface area contributed by atoms with Crippen LogP contribution >= 0.6 is 0 Å². The predicted molar refractivity (Wildman–Crippen MR) is 83.7 cm³/mol. The molecule has 1 N–H and O–H groups in total. The van der Waals surface area contributed by atoms with Gasteiger partial charge in [0.15, 0.2) is 11.5 Å². The molecule has 0 radical (unpaired) electrons. The number of carbonyl (C=O) groups excluding carboxylic acids is 1. The van der Waals surface area contributed by atoms with Gasteiger partial charge in [0.25, 0.3) is 0 Å². The van der Waals surface area contributed by atoms with E-state index in [2.05, 4.69) is 9.94 Å². The topological polar surface area (TPSA) is 59.5 Å². The summed E-state index contributed by atoms with van der Waals surface area (Å²) in [6, 6.07) is 5.12. The maximum absolute atomic E-state index is 13.3. The third-order valence-corrected chi connectivity index (χ3v) is 3.70. The van der Waals surface area contributed by atoms with Crippen molar-refractivity contribution in [1.29, 1.82) is 0 Å². The molecule has 1 aromatic heterocycles. The van der Waals surface area contributed by atoms with Gasteiger partial charge in [-0.05, 0) is 31.9 Å². The molecular formula is C17H18FN3O2. The summed E-state index contributed by atoms with van der Waals surface area (Å²) < 4.78 is 14.5. The van der Waals surface area contributed by atoms with Gasteiger partial charge in [-0.1, -0.05) is 18.2 Å². The van der Waals surface area contributed by atoms with Crippen molar-refractivity contribution in [2.75, 3.05) is 0 Å². The number of rotatable bonds is 5. The Morgan fingerprint density at radius 1 is 1.43 bits per heavy atom. The number of benzene rings is 1. The zero-order valence-corrected chi connectivity index (χ0v) is 13.3. The minimum absolute atomic E-state index is 0.0366. The van der Waals surface area contributed by atoms with Crippen LogP contribution in [0.15, 0.2) is 24.4 Å². The van der Waals surface area contributed by atoms with Crippen molar-refractivity contribution in [2.45, 2.75) is 39.3 Å². The van der Waals surface area contributed by atoms with E-state index in [1.54, 1.807) is 32.0 Å². The van der Waals surface area contributed by atoms with Crippen LogP contribution in [0.2, 0.25) is 0 Å². The quantitative estimate of drug-likeness (QED) is 0.863. The molecule has 0 fully saturated rings. The molecule has 0 bridgehead atoms. The number of Topliss-reactive ketones (excluding diaryl/α,β-unsaturated/α-hetero) is 1. The van der Waals surface area contributed by atoms with Gasteiger partial charge in [-0.15, -0.1) is 5.10 Å². The van der Waals surface area contributed by atoms with Gasteiger partial charge < -0.3 is 5.11 Å². The third-order valence-electron chi connectivity index (χ3n) is 3.70. The summed E-state index contributed by atoms with van der Waals surface area (Å²) in [5.74, 6) is -1.00. The SMILES string of the molecule is [C-]#[N+]c1ccc(CC(=O)[C@@](C)(O)Cn2cc(C)c(F)n2)cc1C. The van der Waals surface area contributed by atoms with Crippen LogP contribution in [0.4, 0.5) is 10.1 Å². The van der Waals surface area contributed by atoms with Gasteiger partial charge in [-0.25, -0.2) is 4.85 Å². The molecule has 2 rings (SSSR count). The maximum atomic E-state index is 13.3. The molecule has 23 heavy (non-hydrogen) atoms. The summed E-state index contributed by atoms with van der Waals surface area (Å²) in [6.07, 6.45) is 1.49. The maximum Gasteiger partial charge on any atom is 0.235 e. The summed E-state index contributed by atoms with van der Waals surface area (Å²) >= 11 is 0. The summed E-state index contributed by atoms with van der Waals surface area (Å²) in [7, 11) is 0. The second-order valence-corrected chi connectivity index (χ2v) is 5.91. The summed E-state index contributed by atoms with van der Waals surface area (Å²) in [6.45, 7) is 11.7. The zero-order chi connectivity index (χ0) is 17.2. The Balaban J connectivity index is 2.12. The Morgan fingerprint density at radius 3 is 2.65 bits per heavy atom. The Kier molecular flexibility index (Phi) is 4.62. The summed E-state index contributed by atoms with van der Waals surface area (Å²) in [4.78, 5) is 15.7. The standard InChI is InChI=1S/C17H18FN3O2/c1-11-7-13(5-6-14(11)19-4)8-15(22)17(3,23)10-21-9-12(2)16(18)20-21/h5-7,9,23H,8,10H2,1-3H3/t17-/m0/s1. The van der Waals surface area contributed by atoms with Crippen LogP contribution in [0.5, 0.6) is 0 Å². The lowest BCUT2D eigenvalue weighted by Crippen LogP contribution is -2.41. The molecule has 2 aromatic rings. The van der Waals surface area contributed by atoms with Crippen molar-refractivity contribution in [2.24, 2.45) is 0 Å². The van der Waals surface area contributed by atoms with E-state index in [4.69, 9.17) is 6.57 Å². The Hall–Kier alpha value is -2.52. The van der Waals surface area contributed by atoms with Crippen LogP contribution in [0.1, 0.15) is 23.6 Å². The largest absolute Gasteiger partial charge is 0.380 e. The highest BCUT2D eigenvalue weighted by Gasteiger charge is 2.31. The van der Waals surface area contributed by atoms with Crippen LogP contribution in [-0.2, 0) is 17.8 Å². The average Bonchev–Trinajstić information content (AvgIpc) is 2.76. The van der Waals surface area contributed by atoms with E-state index in [1.807, 2.05) is 0 Å². The lowest BCUT2D eigenvalue weighted by Gasteiger charge is -2.21. The Bertz CT molecular complexity index is 768. The first-order chi connectivity index (χ1) is 10.7.